The van der Waals surface area contributed by atoms with Crippen molar-refractivity contribution in [3.63, 3.8) is 0 Å². The van der Waals surface area contributed by atoms with Crippen molar-refractivity contribution in [1.82, 2.24) is 9.21 Å². The Balaban J connectivity index is 1.30. The van der Waals surface area contributed by atoms with Gasteiger partial charge >= 0.3 is 5.97 Å². The molecular weight excluding hydrogens is 448 g/mol. The van der Waals surface area contributed by atoms with E-state index in [0.717, 1.165) is 21.2 Å². The van der Waals surface area contributed by atoms with Gasteiger partial charge in [-0.1, -0.05) is 48.5 Å². The number of piperazine rings is 1. The van der Waals surface area contributed by atoms with E-state index in [1.165, 1.54) is 15.6 Å². The number of hydrogen-bond acceptors (Lipinski definition) is 6. The molecule has 0 radical (unpaired) electrons. The molecule has 1 amide bonds. The first-order valence-corrected chi connectivity index (χ1v) is 12.7. The second kappa shape index (κ2) is 9.40. The molecule has 0 unspecified atom stereocenters. The van der Waals surface area contributed by atoms with Gasteiger partial charge in [-0.3, -0.25) is 4.79 Å². The molecule has 1 aromatic heterocycles. The Morgan fingerprint density at radius 1 is 0.969 bits per heavy atom. The molecule has 0 saturated carbocycles. The number of esters is 1. The fourth-order valence-electron chi connectivity index (χ4n) is 3.74. The minimum absolute atomic E-state index is 0.0616. The number of ether oxygens (including phenoxy) is 1. The first-order chi connectivity index (χ1) is 15.3. The summed E-state index contributed by atoms with van der Waals surface area (Å²) < 4.78 is 33.0. The minimum Gasteiger partial charge on any atom is -0.451 e. The van der Waals surface area contributed by atoms with Crippen LogP contribution in [0.5, 0.6) is 0 Å². The zero-order valence-corrected chi connectivity index (χ0v) is 19.3. The number of sulfonamides is 1. The molecule has 0 bridgehead atoms. The van der Waals surface area contributed by atoms with Crippen molar-refractivity contribution in [3.8, 4) is 0 Å². The van der Waals surface area contributed by atoms with E-state index in [1.807, 2.05) is 49.4 Å². The number of aryl methyl sites for hydroxylation is 1. The highest BCUT2D eigenvalue weighted by molar-refractivity contribution is 7.88. The molecule has 1 aliphatic heterocycles. The Morgan fingerprint density at radius 3 is 2.31 bits per heavy atom. The first-order valence-electron chi connectivity index (χ1n) is 10.3. The van der Waals surface area contributed by atoms with Crippen LogP contribution >= 0.6 is 11.3 Å². The van der Waals surface area contributed by atoms with Crippen LogP contribution in [-0.2, 0) is 25.3 Å². The molecule has 0 spiro atoms. The van der Waals surface area contributed by atoms with Crippen molar-refractivity contribution in [2.45, 2.75) is 12.7 Å². The van der Waals surface area contributed by atoms with Gasteiger partial charge in [0.15, 0.2) is 6.61 Å². The molecule has 7 nitrogen and oxygen atoms in total. The molecule has 0 N–H and O–H groups in total. The summed E-state index contributed by atoms with van der Waals surface area (Å²) in [6.07, 6.45) is 0. The lowest BCUT2D eigenvalue weighted by atomic mass is 10.1. The maximum atomic E-state index is 12.7. The van der Waals surface area contributed by atoms with Gasteiger partial charge in [0.2, 0.25) is 10.0 Å². The predicted molar refractivity (Wildman–Crippen MR) is 124 cm³/mol. The van der Waals surface area contributed by atoms with Gasteiger partial charge in [0.1, 0.15) is 4.88 Å². The Morgan fingerprint density at radius 2 is 1.62 bits per heavy atom. The number of carbonyl (C=O) groups is 2. The molecule has 0 atom stereocenters. The normalized spacial score (nSPS) is 15.1. The molecule has 9 heteroatoms. The maximum absolute atomic E-state index is 12.7. The molecule has 4 rings (SSSR count). The van der Waals surface area contributed by atoms with Gasteiger partial charge in [-0.05, 0) is 29.5 Å². The number of amides is 1. The van der Waals surface area contributed by atoms with Crippen LogP contribution < -0.4 is 0 Å². The highest BCUT2D eigenvalue weighted by Gasteiger charge is 2.29. The molecule has 1 saturated heterocycles. The smallest absolute Gasteiger partial charge is 0.349 e. The molecule has 3 aromatic rings. The number of nitrogens with zero attached hydrogens (tertiary/aromatic N) is 2. The van der Waals surface area contributed by atoms with Crippen LogP contribution in [-0.4, -0.2) is 62.3 Å². The van der Waals surface area contributed by atoms with E-state index in [0.29, 0.717) is 4.88 Å². The molecule has 2 heterocycles. The largest absolute Gasteiger partial charge is 0.451 e. The van der Waals surface area contributed by atoms with Crippen molar-refractivity contribution < 1.29 is 22.7 Å². The number of hydrogen-bond donors (Lipinski definition) is 0. The quantitative estimate of drug-likeness (QED) is 0.515. The third-order valence-electron chi connectivity index (χ3n) is 5.53. The topological polar surface area (TPSA) is 84.0 Å². The van der Waals surface area contributed by atoms with Crippen LogP contribution in [0.25, 0.3) is 10.1 Å². The second-order valence-electron chi connectivity index (χ2n) is 7.65. The molecule has 1 fully saturated rings. The second-order valence-corrected chi connectivity index (χ2v) is 10.7. The van der Waals surface area contributed by atoms with Crippen molar-refractivity contribution in [2.24, 2.45) is 0 Å². The summed E-state index contributed by atoms with van der Waals surface area (Å²) in [5, 5.41) is 1.00. The molecule has 2 aromatic carbocycles. The summed E-state index contributed by atoms with van der Waals surface area (Å²) >= 11 is 1.35. The lowest BCUT2D eigenvalue weighted by Gasteiger charge is -2.33. The van der Waals surface area contributed by atoms with E-state index in [2.05, 4.69) is 0 Å². The summed E-state index contributed by atoms with van der Waals surface area (Å²) in [5.41, 5.74) is 1.58. The average molecular weight is 473 g/mol. The third kappa shape index (κ3) is 4.85. The van der Waals surface area contributed by atoms with E-state index in [9.17, 15) is 18.0 Å². The van der Waals surface area contributed by atoms with Crippen LogP contribution in [0.4, 0.5) is 0 Å². The van der Waals surface area contributed by atoms with Gasteiger partial charge in [-0.25, -0.2) is 13.2 Å². The van der Waals surface area contributed by atoms with E-state index < -0.39 is 16.0 Å². The lowest BCUT2D eigenvalue weighted by Crippen LogP contribution is -2.51. The van der Waals surface area contributed by atoms with Gasteiger partial charge in [0.05, 0.1) is 5.75 Å². The Labute approximate surface area is 191 Å². The molecular formula is C23H24N2O5S2. The van der Waals surface area contributed by atoms with Gasteiger partial charge in [-0.2, -0.15) is 4.31 Å². The predicted octanol–water partition coefficient (Wildman–Crippen LogP) is 3.04. The average Bonchev–Trinajstić information content (AvgIpc) is 3.14. The van der Waals surface area contributed by atoms with Gasteiger partial charge in [-0.15, -0.1) is 11.3 Å². The highest BCUT2D eigenvalue weighted by Crippen LogP contribution is 2.31. The standard InChI is InChI=1S/C23H24N2O5S2/c1-17-19-9-5-6-10-20(19)31-22(17)23(27)30-15-21(26)24-11-13-25(14-12-24)32(28,29)16-18-7-3-2-4-8-18/h2-10H,11-16H2,1H3. The van der Waals surface area contributed by atoms with Crippen LogP contribution in [0, 0.1) is 6.92 Å². The van der Waals surface area contributed by atoms with Gasteiger partial charge < -0.3 is 9.64 Å². The van der Waals surface area contributed by atoms with Crippen molar-refractivity contribution in [2.75, 3.05) is 32.8 Å². The van der Waals surface area contributed by atoms with Crippen molar-refractivity contribution >= 4 is 43.3 Å². The van der Waals surface area contributed by atoms with E-state index in [4.69, 9.17) is 4.74 Å². The summed E-state index contributed by atoms with van der Waals surface area (Å²) in [5.74, 6) is -0.896. The number of fused-ring (bicyclic) bond motifs is 1. The van der Waals surface area contributed by atoms with Crippen LogP contribution in [0.15, 0.2) is 54.6 Å². The Hall–Kier alpha value is -2.75. The Bertz CT molecular complexity index is 1230. The van der Waals surface area contributed by atoms with E-state index in [-0.39, 0.29) is 44.4 Å². The monoisotopic (exact) mass is 472 g/mol. The number of benzene rings is 2. The zero-order chi connectivity index (χ0) is 22.7. The van der Waals surface area contributed by atoms with E-state index in [1.54, 1.807) is 17.0 Å². The number of carbonyl (C=O) groups excluding carboxylic acids is 2. The molecule has 1 aliphatic rings. The van der Waals surface area contributed by atoms with E-state index >= 15 is 0 Å². The highest BCUT2D eigenvalue weighted by atomic mass is 32.2. The Kier molecular flexibility index (Phi) is 6.59. The first kappa shape index (κ1) is 22.4. The molecule has 0 aliphatic carbocycles. The third-order valence-corrected chi connectivity index (χ3v) is 8.64. The van der Waals surface area contributed by atoms with Crippen molar-refractivity contribution in [3.05, 3.63) is 70.6 Å². The molecule has 32 heavy (non-hydrogen) atoms. The fraction of sp³-hybridized carbons (Fsp3) is 0.304. The summed E-state index contributed by atoms with van der Waals surface area (Å²) in [7, 11) is -3.45. The summed E-state index contributed by atoms with van der Waals surface area (Å²) in [4.78, 5) is 27.1. The maximum Gasteiger partial charge on any atom is 0.349 e. The number of thiophene rings is 1. The fourth-order valence-corrected chi connectivity index (χ4v) is 6.36. The summed E-state index contributed by atoms with van der Waals surface area (Å²) in [6, 6.07) is 16.8. The van der Waals surface area contributed by atoms with Crippen LogP contribution in [0.1, 0.15) is 20.8 Å². The van der Waals surface area contributed by atoms with Gasteiger partial charge in [0.25, 0.3) is 5.91 Å². The zero-order valence-electron chi connectivity index (χ0n) is 17.7. The SMILES string of the molecule is Cc1c(C(=O)OCC(=O)N2CCN(S(=O)(=O)Cc3ccccc3)CC2)sc2ccccc12. The lowest BCUT2D eigenvalue weighted by molar-refractivity contribution is -0.135. The summed E-state index contributed by atoms with van der Waals surface area (Å²) in [6.45, 7) is 2.50. The van der Waals surface area contributed by atoms with Gasteiger partial charge in [0, 0.05) is 30.9 Å². The van der Waals surface area contributed by atoms with Crippen LogP contribution in [0.2, 0.25) is 0 Å². The number of rotatable bonds is 6. The van der Waals surface area contributed by atoms with Crippen molar-refractivity contribution in [1.29, 1.82) is 0 Å². The minimum atomic E-state index is -3.45. The van der Waals surface area contributed by atoms with Crippen LogP contribution in [0.3, 0.4) is 0 Å². The molecule has 168 valence electrons.